The van der Waals surface area contributed by atoms with Crippen LogP contribution in [0, 0.1) is 13.8 Å². The Labute approximate surface area is 100 Å². The highest BCUT2D eigenvalue weighted by molar-refractivity contribution is 7.10. The van der Waals surface area contributed by atoms with Crippen molar-refractivity contribution in [1.29, 1.82) is 0 Å². The minimum absolute atomic E-state index is 0.272. The molecule has 0 aliphatic rings. The number of nitrogens with zero attached hydrogens (tertiary/aromatic N) is 1. The third-order valence-corrected chi connectivity index (χ3v) is 3.73. The predicted octanol–water partition coefficient (Wildman–Crippen LogP) is 3.07. The molecule has 1 unspecified atom stereocenters. The normalized spacial score (nSPS) is 12.7. The van der Waals surface area contributed by atoms with Crippen LogP contribution in [0.2, 0.25) is 0 Å². The Morgan fingerprint density at radius 3 is 2.62 bits per heavy atom. The van der Waals surface area contributed by atoms with Gasteiger partial charge in [-0.3, -0.25) is 4.98 Å². The molecule has 1 atom stereocenters. The molecule has 0 aliphatic carbocycles. The number of hydrogen-bond acceptors (Lipinski definition) is 3. The first kappa shape index (κ1) is 11.3. The van der Waals surface area contributed by atoms with E-state index in [2.05, 4.69) is 41.7 Å². The van der Waals surface area contributed by atoms with E-state index in [4.69, 9.17) is 0 Å². The highest BCUT2D eigenvalue weighted by atomic mass is 32.1. The van der Waals surface area contributed by atoms with Crippen LogP contribution in [0.5, 0.6) is 0 Å². The summed E-state index contributed by atoms with van der Waals surface area (Å²) in [7, 11) is 2.00. The van der Waals surface area contributed by atoms with Crippen LogP contribution in [0.25, 0.3) is 0 Å². The molecule has 2 heterocycles. The van der Waals surface area contributed by atoms with E-state index in [-0.39, 0.29) is 6.04 Å². The Hall–Kier alpha value is -1.19. The van der Waals surface area contributed by atoms with Crippen molar-refractivity contribution < 1.29 is 0 Å². The average molecular weight is 232 g/mol. The molecule has 0 aliphatic heterocycles. The van der Waals surface area contributed by atoms with Gasteiger partial charge in [-0.05, 0) is 55.1 Å². The fraction of sp³-hybridized carbons (Fsp3) is 0.308. The molecule has 16 heavy (non-hydrogen) atoms. The van der Waals surface area contributed by atoms with Crippen LogP contribution < -0.4 is 5.32 Å². The number of hydrogen-bond donors (Lipinski definition) is 1. The zero-order chi connectivity index (χ0) is 11.5. The lowest BCUT2D eigenvalue weighted by Gasteiger charge is -2.18. The summed E-state index contributed by atoms with van der Waals surface area (Å²) in [6, 6.07) is 4.56. The topological polar surface area (TPSA) is 24.9 Å². The molecule has 0 aromatic carbocycles. The molecule has 0 spiro atoms. The summed E-state index contributed by atoms with van der Waals surface area (Å²) >= 11 is 1.79. The smallest absolute Gasteiger partial charge is 0.0588 e. The summed E-state index contributed by atoms with van der Waals surface area (Å²) in [5, 5.41) is 5.53. The molecule has 0 fully saturated rings. The van der Waals surface area contributed by atoms with E-state index in [1.807, 2.05) is 19.4 Å². The Balaban J connectivity index is 2.45. The molecule has 0 saturated heterocycles. The fourth-order valence-corrected chi connectivity index (χ4v) is 2.72. The molecular formula is C13H16N2S. The molecule has 3 heteroatoms. The van der Waals surface area contributed by atoms with E-state index in [9.17, 15) is 0 Å². The number of rotatable bonds is 3. The average Bonchev–Trinajstić information content (AvgIpc) is 2.69. The maximum atomic E-state index is 4.14. The van der Waals surface area contributed by atoms with Crippen LogP contribution in [0.15, 0.2) is 29.9 Å². The number of aromatic nitrogens is 1. The van der Waals surface area contributed by atoms with Gasteiger partial charge in [0.25, 0.3) is 0 Å². The first-order chi connectivity index (χ1) is 7.74. The van der Waals surface area contributed by atoms with Gasteiger partial charge in [-0.15, -0.1) is 11.3 Å². The summed E-state index contributed by atoms with van der Waals surface area (Å²) in [4.78, 5) is 5.51. The van der Waals surface area contributed by atoms with Gasteiger partial charge in [-0.1, -0.05) is 0 Å². The van der Waals surface area contributed by atoms with Crippen LogP contribution in [0.3, 0.4) is 0 Å². The summed E-state index contributed by atoms with van der Waals surface area (Å²) in [5.74, 6) is 0. The molecule has 0 radical (unpaired) electrons. The largest absolute Gasteiger partial charge is 0.309 e. The fourth-order valence-electron chi connectivity index (χ4n) is 1.98. The van der Waals surface area contributed by atoms with Gasteiger partial charge >= 0.3 is 0 Å². The summed E-state index contributed by atoms with van der Waals surface area (Å²) in [6.45, 7) is 4.27. The standard InChI is InChI=1S/C13H16N2S/c1-9-8-15-6-4-11(9)13(14-3)12-5-7-16-10(12)2/h4-8,13-14H,1-3H3. The van der Waals surface area contributed by atoms with Gasteiger partial charge in [-0.25, -0.2) is 0 Å². The Kier molecular flexibility index (Phi) is 3.36. The predicted molar refractivity (Wildman–Crippen MR) is 68.9 cm³/mol. The molecule has 2 nitrogen and oxygen atoms in total. The number of thiophene rings is 1. The van der Waals surface area contributed by atoms with Gasteiger partial charge < -0.3 is 5.32 Å². The van der Waals surface area contributed by atoms with Gasteiger partial charge in [0.05, 0.1) is 6.04 Å². The summed E-state index contributed by atoms with van der Waals surface area (Å²) < 4.78 is 0. The van der Waals surface area contributed by atoms with Gasteiger partial charge in [0.15, 0.2) is 0 Å². The second-order valence-corrected chi connectivity index (χ2v) is 5.01. The lowest BCUT2D eigenvalue weighted by atomic mass is 9.97. The second kappa shape index (κ2) is 4.76. The zero-order valence-electron chi connectivity index (χ0n) is 9.82. The highest BCUT2D eigenvalue weighted by Gasteiger charge is 2.16. The highest BCUT2D eigenvalue weighted by Crippen LogP contribution is 2.29. The first-order valence-electron chi connectivity index (χ1n) is 5.35. The van der Waals surface area contributed by atoms with Crippen molar-refractivity contribution in [3.8, 4) is 0 Å². The SMILES string of the molecule is CNC(c1ccncc1C)c1ccsc1C. The summed E-state index contributed by atoms with van der Waals surface area (Å²) in [5.41, 5.74) is 3.90. The lowest BCUT2D eigenvalue weighted by Crippen LogP contribution is -2.18. The minimum atomic E-state index is 0.272. The van der Waals surface area contributed by atoms with Crippen molar-refractivity contribution >= 4 is 11.3 Å². The van der Waals surface area contributed by atoms with Crippen LogP contribution >= 0.6 is 11.3 Å². The quantitative estimate of drug-likeness (QED) is 0.879. The third kappa shape index (κ3) is 2.01. The Bertz CT molecular complexity index is 476. The van der Waals surface area contributed by atoms with Gasteiger partial charge in [-0.2, -0.15) is 0 Å². The van der Waals surface area contributed by atoms with Crippen molar-refractivity contribution in [3.05, 3.63) is 51.5 Å². The van der Waals surface area contributed by atoms with E-state index < -0.39 is 0 Å². The van der Waals surface area contributed by atoms with Crippen molar-refractivity contribution in [2.45, 2.75) is 19.9 Å². The van der Waals surface area contributed by atoms with Crippen molar-refractivity contribution in [3.63, 3.8) is 0 Å². The number of aryl methyl sites for hydroxylation is 2. The van der Waals surface area contributed by atoms with Gasteiger partial charge in [0.1, 0.15) is 0 Å². The van der Waals surface area contributed by atoms with Crippen LogP contribution in [0.4, 0.5) is 0 Å². The van der Waals surface area contributed by atoms with E-state index in [0.29, 0.717) is 0 Å². The summed E-state index contributed by atoms with van der Waals surface area (Å²) in [6.07, 6.45) is 3.77. The molecule has 0 amide bonds. The van der Waals surface area contributed by atoms with Crippen molar-refractivity contribution in [1.82, 2.24) is 10.3 Å². The van der Waals surface area contributed by atoms with E-state index in [0.717, 1.165) is 0 Å². The van der Waals surface area contributed by atoms with E-state index in [1.54, 1.807) is 11.3 Å². The van der Waals surface area contributed by atoms with Crippen molar-refractivity contribution in [2.24, 2.45) is 0 Å². The Morgan fingerprint density at radius 1 is 1.25 bits per heavy atom. The van der Waals surface area contributed by atoms with Crippen LogP contribution in [-0.4, -0.2) is 12.0 Å². The molecule has 1 N–H and O–H groups in total. The molecule has 0 saturated carbocycles. The van der Waals surface area contributed by atoms with E-state index >= 15 is 0 Å². The Morgan fingerprint density at radius 2 is 2.06 bits per heavy atom. The second-order valence-electron chi connectivity index (χ2n) is 3.89. The molecule has 2 rings (SSSR count). The maximum absolute atomic E-state index is 4.14. The zero-order valence-corrected chi connectivity index (χ0v) is 10.6. The lowest BCUT2D eigenvalue weighted by molar-refractivity contribution is 0.685. The third-order valence-electron chi connectivity index (χ3n) is 2.87. The maximum Gasteiger partial charge on any atom is 0.0588 e. The van der Waals surface area contributed by atoms with Gasteiger partial charge in [0, 0.05) is 17.3 Å². The van der Waals surface area contributed by atoms with Crippen LogP contribution in [0.1, 0.15) is 27.6 Å². The van der Waals surface area contributed by atoms with Crippen molar-refractivity contribution in [2.75, 3.05) is 7.05 Å². The molecule has 0 bridgehead atoms. The monoisotopic (exact) mass is 232 g/mol. The van der Waals surface area contributed by atoms with Crippen LogP contribution in [-0.2, 0) is 0 Å². The molecule has 84 valence electrons. The first-order valence-corrected chi connectivity index (χ1v) is 6.23. The molecular weight excluding hydrogens is 216 g/mol. The van der Waals surface area contributed by atoms with E-state index in [1.165, 1.54) is 21.6 Å². The number of nitrogens with one attached hydrogen (secondary N) is 1. The minimum Gasteiger partial charge on any atom is -0.309 e. The molecule has 2 aromatic rings. The van der Waals surface area contributed by atoms with Gasteiger partial charge in [0.2, 0.25) is 0 Å². The number of pyridine rings is 1. The molecule has 2 aromatic heterocycles.